The van der Waals surface area contributed by atoms with E-state index in [4.69, 9.17) is 11.6 Å². The average Bonchev–Trinajstić information content (AvgIpc) is 2.64. The molecule has 8 heteroatoms. The minimum absolute atomic E-state index is 0.109. The fourth-order valence-corrected chi connectivity index (χ4v) is 3.12. The summed E-state index contributed by atoms with van der Waals surface area (Å²) in [5, 5.41) is 3.57. The van der Waals surface area contributed by atoms with Gasteiger partial charge in [-0.3, -0.25) is 0 Å². The van der Waals surface area contributed by atoms with E-state index < -0.39 is 0 Å². The smallest absolute Gasteiger partial charge is 0.321 e. The van der Waals surface area contributed by atoms with E-state index in [1.165, 1.54) is 0 Å². The molecule has 2 aromatic rings. The van der Waals surface area contributed by atoms with Crippen LogP contribution in [0.15, 0.2) is 24.3 Å². The quantitative estimate of drug-likeness (QED) is 0.874. The molecule has 1 aliphatic heterocycles. The molecule has 27 heavy (non-hydrogen) atoms. The Morgan fingerprint density at radius 2 is 1.81 bits per heavy atom. The lowest BCUT2D eigenvalue weighted by Gasteiger charge is -2.35. The first-order valence-corrected chi connectivity index (χ1v) is 9.31. The summed E-state index contributed by atoms with van der Waals surface area (Å²) in [6, 6.07) is 7.41. The van der Waals surface area contributed by atoms with Gasteiger partial charge in [-0.1, -0.05) is 17.7 Å². The molecule has 0 atom stereocenters. The van der Waals surface area contributed by atoms with Crippen LogP contribution in [0.3, 0.4) is 0 Å². The number of halogens is 1. The standard InChI is InChI=1S/C19H25ClN6O/c1-13-5-6-15(11-16(13)20)23-19(27)26-9-7-25(8-10-26)18-12-17(24(3)4)21-14(2)22-18/h5-6,11-12H,7-10H2,1-4H3,(H,23,27). The van der Waals surface area contributed by atoms with E-state index in [1.807, 2.05) is 55.9 Å². The number of carbonyl (C=O) groups is 1. The molecular weight excluding hydrogens is 364 g/mol. The topological polar surface area (TPSA) is 64.6 Å². The van der Waals surface area contributed by atoms with Gasteiger partial charge < -0.3 is 20.0 Å². The number of hydrogen-bond acceptors (Lipinski definition) is 5. The monoisotopic (exact) mass is 388 g/mol. The molecule has 1 aromatic heterocycles. The molecule has 0 radical (unpaired) electrons. The van der Waals surface area contributed by atoms with Crippen molar-refractivity contribution in [1.29, 1.82) is 0 Å². The minimum atomic E-state index is -0.109. The first kappa shape index (κ1) is 19.2. The molecule has 2 heterocycles. The van der Waals surface area contributed by atoms with Gasteiger partial charge in [0.15, 0.2) is 0 Å². The van der Waals surface area contributed by atoms with Gasteiger partial charge in [0.25, 0.3) is 0 Å². The number of nitrogens with zero attached hydrogens (tertiary/aromatic N) is 5. The zero-order valence-electron chi connectivity index (χ0n) is 16.2. The SMILES string of the molecule is Cc1nc(N(C)C)cc(N2CCN(C(=O)Nc3ccc(C)c(Cl)c3)CC2)n1. The summed E-state index contributed by atoms with van der Waals surface area (Å²) < 4.78 is 0. The van der Waals surface area contributed by atoms with Crippen LogP contribution in [0, 0.1) is 13.8 Å². The van der Waals surface area contributed by atoms with E-state index >= 15 is 0 Å². The molecule has 3 rings (SSSR count). The summed E-state index contributed by atoms with van der Waals surface area (Å²) in [5.74, 6) is 2.53. The van der Waals surface area contributed by atoms with Crippen LogP contribution < -0.4 is 15.1 Å². The van der Waals surface area contributed by atoms with Crippen LogP contribution in [0.4, 0.5) is 22.1 Å². The highest BCUT2D eigenvalue weighted by Gasteiger charge is 2.23. The summed E-state index contributed by atoms with van der Waals surface area (Å²) >= 11 is 6.13. The van der Waals surface area contributed by atoms with Crippen molar-refractivity contribution in [1.82, 2.24) is 14.9 Å². The van der Waals surface area contributed by atoms with E-state index in [1.54, 1.807) is 6.07 Å². The van der Waals surface area contributed by atoms with Crippen molar-refractivity contribution in [3.05, 3.63) is 40.7 Å². The molecule has 7 nitrogen and oxygen atoms in total. The maximum absolute atomic E-state index is 12.5. The Bertz CT molecular complexity index is 833. The van der Waals surface area contributed by atoms with Crippen LogP contribution in [0.1, 0.15) is 11.4 Å². The van der Waals surface area contributed by atoms with E-state index in [0.29, 0.717) is 23.8 Å². The van der Waals surface area contributed by atoms with Crippen LogP contribution in [-0.4, -0.2) is 61.2 Å². The molecule has 1 fully saturated rings. The van der Waals surface area contributed by atoms with Gasteiger partial charge in [0.1, 0.15) is 17.5 Å². The Morgan fingerprint density at radius 3 is 2.44 bits per heavy atom. The van der Waals surface area contributed by atoms with Gasteiger partial charge in [0.05, 0.1) is 0 Å². The number of anilines is 3. The van der Waals surface area contributed by atoms with Crippen molar-refractivity contribution >= 4 is 35.0 Å². The van der Waals surface area contributed by atoms with Gasteiger partial charge >= 0.3 is 6.03 Å². The molecular formula is C19H25ClN6O. The Balaban J connectivity index is 1.61. The lowest BCUT2D eigenvalue weighted by molar-refractivity contribution is 0.208. The maximum Gasteiger partial charge on any atom is 0.321 e. The van der Waals surface area contributed by atoms with Crippen molar-refractivity contribution in [3.63, 3.8) is 0 Å². The fraction of sp³-hybridized carbons (Fsp3) is 0.421. The highest BCUT2D eigenvalue weighted by atomic mass is 35.5. The largest absolute Gasteiger partial charge is 0.363 e. The highest BCUT2D eigenvalue weighted by Crippen LogP contribution is 2.22. The van der Waals surface area contributed by atoms with Gasteiger partial charge in [-0.25, -0.2) is 14.8 Å². The van der Waals surface area contributed by atoms with E-state index in [-0.39, 0.29) is 6.03 Å². The van der Waals surface area contributed by atoms with E-state index in [2.05, 4.69) is 20.2 Å². The number of nitrogens with one attached hydrogen (secondary N) is 1. The fourth-order valence-electron chi connectivity index (χ4n) is 2.94. The number of aromatic nitrogens is 2. The molecule has 0 bridgehead atoms. The highest BCUT2D eigenvalue weighted by molar-refractivity contribution is 6.31. The number of carbonyl (C=O) groups excluding carboxylic acids is 1. The predicted molar refractivity (Wildman–Crippen MR) is 110 cm³/mol. The number of urea groups is 1. The van der Waals surface area contributed by atoms with E-state index in [9.17, 15) is 4.79 Å². The molecule has 1 N–H and O–H groups in total. The molecule has 0 spiro atoms. The third-order valence-electron chi connectivity index (χ3n) is 4.58. The van der Waals surface area contributed by atoms with Crippen LogP contribution in [0.5, 0.6) is 0 Å². The molecule has 144 valence electrons. The van der Waals surface area contributed by atoms with Crippen molar-refractivity contribution in [2.24, 2.45) is 0 Å². The number of aryl methyl sites for hydroxylation is 2. The van der Waals surface area contributed by atoms with Crippen LogP contribution in [0.2, 0.25) is 5.02 Å². The van der Waals surface area contributed by atoms with Gasteiger partial charge in [0, 0.05) is 57.1 Å². The van der Waals surface area contributed by atoms with Crippen molar-refractivity contribution < 1.29 is 4.79 Å². The van der Waals surface area contributed by atoms with Gasteiger partial charge in [0.2, 0.25) is 0 Å². The predicted octanol–water partition coefficient (Wildman–Crippen LogP) is 3.17. The number of rotatable bonds is 3. The van der Waals surface area contributed by atoms with Crippen molar-refractivity contribution in [2.75, 3.05) is 55.4 Å². The summed E-state index contributed by atoms with van der Waals surface area (Å²) in [7, 11) is 3.93. The number of piperazine rings is 1. The third-order valence-corrected chi connectivity index (χ3v) is 4.99. The zero-order valence-corrected chi connectivity index (χ0v) is 16.9. The summed E-state index contributed by atoms with van der Waals surface area (Å²) in [6.45, 7) is 6.55. The maximum atomic E-state index is 12.5. The number of benzene rings is 1. The second-order valence-corrected chi connectivity index (χ2v) is 7.30. The third kappa shape index (κ3) is 4.60. The normalized spacial score (nSPS) is 14.3. The number of hydrogen-bond donors (Lipinski definition) is 1. The Hall–Kier alpha value is -2.54. The minimum Gasteiger partial charge on any atom is -0.363 e. The first-order valence-electron chi connectivity index (χ1n) is 8.93. The molecule has 0 saturated carbocycles. The first-order chi connectivity index (χ1) is 12.8. The molecule has 1 saturated heterocycles. The zero-order chi connectivity index (χ0) is 19.6. The lowest BCUT2D eigenvalue weighted by atomic mass is 10.2. The number of amides is 2. The lowest BCUT2D eigenvalue weighted by Crippen LogP contribution is -2.50. The Morgan fingerprint density at radius 1 is 1.11 bits per heavy atom. The second kappa shape index (κ2) is 8.00. The van der Waals surface area contributed by atoms with Gasteiger partial charge in [-0.2, -0.15) is 0 Å². The van der Waals surface area contributed by atoms with Gasteiger partial charge in [-0.15, -0.1) is 0 Å². The Labute approximate surface area is 165 Å². The molecule has 2 amide bonds. The summed E-state index contributed by atoms with van der Waals surface area (Å²) in [5.41, 5.74) is 1.69. The van der Waals surface area contributed by atoms with E-state index in [0.717, 1.165) is 36.1 Å². The molecule has 1 aromatic carbocycles. The van der Waals surface area contributed by atoms with Crippen molar-refractivity contribution in [2.45, 2.75) is 13.8 Å². The average molecular weight is 389 g/mol. The van der Waals surface area contributed by atoms with Crippen molar-refractivity contribution in [3.8, 4) is 0 Å². The van der Waals surface area contributed by atoms with Crippen LogP contribution >= 0.6 is 11.6 Å². The van der Waals surface area contributed by atoms with Crippen LogP contribution in [-0.2, 0) is 0 Å². The molecule has 0 aliphatic carbocycles. The van der Waals surface area contributed by atoms with Gasteiger partial charge in [-0.05, 0) is 31.5 Å². The van der Waals surface area contributed by atoms with Crippen LogP contribution in [0.25, 0.3) is 0 Å². The summed E-state index contributed by atoms with van der Waals surface area (Å²) in [6.07, 6.45) is 0. The molecule has 1 aliphatic rings. The summed E-state index contributed by atoms with van der Waals surface area (Å²) in [4.78, 5) is 27.5. The second-order valence-electron chi connectivity index (χ2n) is 6.89. The Kier molecular flexibility index (Phi) is 5.70. The molecule has 0 unspecified atom stereocenters.